The molecule has 0 heterocycles. The minimum absolute atomic E-state index is 0.118. The van der Waals surface area contributed by atoms with Crippen molar-refractivity contribution in [2.24, 2.45) is 0 Å². The maximum absolute atomic E-state index is 10.9. The standard InChI is InChI=1S/C7H13NO2/c1-4-6-7(9)8(5-2)10-3/h4,6H,5H2,1-3H3/b6-4-. The Morgan fingerprint density at radius 2 is 2.30 bits per heavy atom. The zero-order valence-corrected chi connectivity index (χ0v) is 6.63. The monoisotopic (exact) mass is 143 g/mol. The van der Waals surface area contributed by atoms with Gasteiger partial charge in [0.15, 0.2) is 0 Å². The fourth-order valence-electron chi connectivity index (χ4n) is 0.601. The Hall–Kier alpha value is -0.830. The van der Waals surface area contributed by atoms with Crippen LogP contribution in [0.1, 0.15) is 13.8 Å². The maximum atomic E-state index is 10.9. The minimum atomic E-state index is -0.118. The summed E-state index contributed by atoms with van der Waals surface area (Å²) in [6.07, 6.45) is 3.15. The van der Waals surface area contributed by atoms with Crippen LogP contribution < -0.4 is 0 Å². The van der Waals surface area contributed by atoms with Crippen molar-refractivity contribution in [1.82, 2.24) is 5.06 Å². The molecule has 0 aromatic heterocycles. The van der Waals surface area contributed by atoms with Gasteiger partial charge in [-0.2, -0.15) is 0 Å². The summed E-state index contributed by atoms with van der Waals surface area (Å²) in [6, 6.07) is 0. The van der Waals surface area contributed by atoms with Crippen molar-refractivity contribution in [2.45, 2.75) is 13.8 Å². The summed E-state index contributed by atoms with van der Waals surface area (Å²) in [5.41, 5.74) is 0. The number of hydrogen-bond donors (Lipinski definition) is 0. The molecule has 0 bridgehead atoms. The van der Waals surface area contributed by atoms with Crippen LogP contribution >= 0.6 is 0 Å². The van der Waals surface area contributed by atoms with Crippen LogP contribution in [0.15, 0.2) is 12.2 Å². The maximum Gasteiger partial charge on any atom is 0.269 e. The fourth-order valence-corrected chi connectivity index (χ4v) is 0.601. The molecule has 58 valence electrons. The van der Waals surface area contributed by atoms with Gasteiger partial charge in [-0.25, -0.2) is 5.06 Å². The molecule has 0 saturated heterocycles. The van der Waals surface area contributed by atoms with Crippen molar-refractivity contribution in [1.29, 1.82) is 0 Å². The van der Waals surface area contributed by atoms with Crippen molar-refractivity contribution in [3.63, 3.8) is 0 Å². The van der Waals surface area contributed by atoms with Gasteiger partial charge in [0.25, 0.3) is 5.91 Å². The van der Waals surface area contributed by atoms with Crippen LogP contribution in [0.2, 0.25) is 0 Å². The first kappa shape index (κ1) is 9.17. The minimum Gasteiger partial charge on any atom is -0.274 e. The van der Waals surface area contributed by atoms with Gasteiger partial charge >= 0.3 is 0 Å². The summed E-state index contributed by atoms with van der Waals surface area (Å²) < 4.78 is 0. The van der Waals surface area contributed by atoms with Gasteiger partial charge in [0, 0.05) is 12.6 Å². The number of amides is 1. The van der Waals surface area contributed by atoms with Crippen LogP contribution in [0.5, 0.6) is 0 Å². The summed E-state index contributed by atoms with van der Waals surface area (Å²) in [5.74, 6) is -0.118. The number of allylic oxidation sites excluding steroid dienone is 1. The van der Waals surface area contributed by atoms with Gasteiger partial charge in [-0.3, -0.25) is 9.63 Å². The highest BCUT2D eigenvalue weighted by atomic mass is 16.7. The lowest BCUT2D eigenvalue weighted by atomic mass is 10.5. The topological polar surface area (TPSA) is 29.5 Å². The molecule has 0 unspecified atom stereocenters. The molecule has 0 radical (unpaired) electrons. The molecule has 0 aromatic rings. The molecule has 0 aliphatic heterocycles. The van der Waals surface area contributed by atoms with Crippen LogP contribution in [0, 0.1) is 0 Å². The lowest BCUT2D eigenvalue weighted by Gasteiger charge is -2.14. The molecule has 3 heteroatoms. The molecular weight excluding hydrogens is 130 g/mol. The van der Waals surface area contributed by atoms with Gasteiger partial charge in [-0.15, -0.1) is 0 Å². The van der Waals surface area contributed by atoms with E-state index in [1.807, 2.05) is 6.92 Å². The largest absolute Gasteiger partial charge is 0.274 e. The molecule has 0 spiro atoms. The highest BCUT2D eigenvalue weighted by Gasteiger charge is 2.04. The molecule has 0 aromatic carbocycles. The highest BCUT2D eigenvalue weighted by Crippen LogP contribution is 1.89. The lowest BCUT2D eigenvalue weighted by Crippen LogP contribution is -2.27. The van der Waals surface area contributed by atoms with E-state index in [1.54, 1.807) is 13.0 Å². The summed E-state index contributed by atoms with van der Waals surface area (Å²) in [5, 5.41) is 1.28. The average Bonchev–Trinajstić information content (AvgIpc) is 1.91. The summed E-state index contributed by atoms with van der Waals surface area (Å²) in [4.78, 5) is 15.7. The second kappa shape index (κ2) is 4.99. The number of rotatable bonds is 3. The van der Waals surface area contributed by atoms with Gasteiger partial charge < -0.3 is 0 Å². The normalized spacial score (nSPS) is 10.3. The van der Waals surface area contributed by atoms with Crippen LogP contribution in [-0.2, 0) is 9.63 Å². The molecular formula is C7H13NO2. The van der Waals surface area contributed by atoms with E-state index >= 15 is 0 Å². The average molecular weight is 143 g/mol. The number of carbonyl (C=O) groups excluding carboxylic acids is 1. The molecule has 3 nitrogen and oxygen atoms in total. The van der Waals surface area contributed by atoms with Gasteiger partial charge in [-0.05, 0) is 13.8 Å². The Morgan fingerprint density at radius 3 is 2.60 bits per heavy atom. The van der Waals surface area contributed by atoms with E-state index in [1.165, 1.54) is 18.2 Å². The third-order valence-corrected chi connectivity index (χ3v) is 1.06. The Kier molecular flexibility index (Phi) is 4.58. The zero-order chi connectivity index (χ0) is 7.98. The summed E-state index contributed by atoms with van der Waals surface area (Å²) in [6.45, 7) is 4.21. The summed E-state index contributed by atoms with van der Waals surface area (Å²) >= 11 is 0. The Balaban J connectivity index is 3.89. The second-order valence-electron chi connectivity index (χ2n) is 1.72. The molecule has 0 saturated carbocycles. The summed E-state index contributed by atoms with van der Waals surface area (Å²) in [7, 11) is 1.48. The zero-order valence-electron chi connectivity index (χ0n) is 6.63. The Labute approximate surface area is 61.2 Å². The van der Waals surface area contributed by atoms with Crippen molar-refractivity contribution in [3.05, 3.63) is 12.2 Å². The number of hydrogen-bond acceptors (Lipinski definition) is 2. The molecule has 10 heavy (non-hydrogen) atoms. The molecule has 0 atom stereocenters. The van der Waals surface area contributed by atoms with E-state index in [-0.39, 0.29) is 5.91 Å². The molecule has 0 aliphatic carbocycles. The van der Waals surface area contributed by atoms with E-state index in [0.717, 1.165) is 0 Å². The Bertz CT molecular complexity index is 128. The van der Waals surface area contributed by atoms with Crippen molar-refractivity contribution in [2.75, 3.05) is 13.7 Å². The van der Waals surface area contributed by atoms with E-state index in [0.29, 0.717) is 6.54 Å². The van der Waals surface area contributed by atoms with Crippen molar-refractivity contribution in [3.8, 4) is 0 Å². The molecule has 0 N–H and O–H groups in total. The van der Waals surface area contributed by atoms with Crippen LogP contribution in [0.25, 0.3) is 0 Å². The molecule has 0 rings (SSSR count). The van der Waals surface area contributed by atoms with Gasteiger partial charge in [0.05, 0.1) is 7.11 Å². The van der Waals surface area contributed by atoms with E-state index in [2.05, 4.69) is 0 Å². The number of hydroxylamine groups is 2. The van der Waals surface area contributed by atoms with Gasteiger partial charge in [0.1, 0.15) is 0 Å². The van der Waals surface area contributed by atoms with Crippen molar-refractivity contribution >= 4 is 5.91 Å². The second-order valence-corrected chi connectivity index (χ2v) is 1.72. The third-order valence-electron chi connectivity index (χ3n) is 1.06. The lowest BCUT2D eigenvalue weighted by molar-refractivity contribution is -0.168. The van der Waals surface area contributed by atoms with E-state index in [4.69, 9.17) is 4.84 Å². The van der Waals surface area contributed by atoms with E-state index in [9.17, 15) is 4.79 Å². The first-order valence-electron chi connectivity index (χ1n) is 3.24. The quantitative estimate of drug-likeness (QED) is 0.435. The number of carbonyl (C=O) groups is 1. The van der Waals surface area contributed by atoms with Gasteiger partial charge in [0.2, 0.25) is 0 Å². The predicted molar refractivity (Wildman–Crippen MR) is 39.2 cm³/mol. The fraction of sp³-hybridized carbons (Fsp3) is 0.571. The predicted octanol–water partition coefficient (Wildman–Crippen LogP) is 0.972. The number of likely N-dealkylation sites (N-methyl/N-ethyl adjacent to an activating group) is 1. The first-order chi connectivity index (χ1) is 4.76. The SMILES string of the molecule is C/C=C\C(=O)N(CC)OC. The smallest absolute Gasteiger partial charge is 0.269 e. The van der Waals surface area contributed by atoms with Crippen LogP contribution in [-0.4, -0.2) is 24.6 Å². The van der Waals surface area contributed by atoms with Crippen LogP contribution in [0.3, 0.4) is 0 Å². The number of nitrogens with zero attached hydrogens (tertiary/aromatic N) is 1. The molecule has 0 aliphatic rings. The van der Waals surface area contributed by atoms with Gasteiger partial charge in [-0.1, -0.05) is 6.08 Å². The molecule has 0 fully saturated rings. The first-order valence-corrected chi connectivity index (χ1v) is 3.24. The highest BCUT2D eigenvalue weighted by molar-refractivity contribution is 5.86. The third kappa shape index (κ3) is 2.64. The van der Waals surface area contributed by atoms with Crippen LogP contribution in [0.4, 0.5) is 0 Å². The Morgan fingerprint density at radius 1 is 1.70 bits per heavy atom. The molecule has 1 amide bonds. The van der Waals surface area contributed by atoms with E-state index < -0.39 is 0 Å². The van der Waals surface area contributed by atoms with Crippen molar-refractivity contribution < 1.29 is 9.63 Å².